The number of sulfone groups is 1. The quantitative estimate of drug-likeness (QED) is 0.0622. The molecule has 200 valence electrons. The summed E-state index contributed by atoms with van der Waals surface area (Å²) in [6, 6.07) is 11.8. The van der Waals surface area contributed by atoms with Crippen LogP contribution in [0.5, 0.6) is 0 Å². The molecule has 5 N–H and O–H groups in total. The van der Waals surface area contributed by atoms with Gasteiger partial charge in [-0.25, -0.2) is 8.42 Å². The molecule has 12 nitrogen and oxygen atoms in total. The first kappa shape index (κ1) is 35.6. The topological polar surface area (TPSA) is 215 Å². The van der Waals surface area contributed by atoms with Crippen LogP contribution in [0.25, 0.3) is 0 Å². The van der Waals surface area contributed by atoms with Crippen molar-refractivity contribution in [3.8, 4) is 0 Å². The van der Waals surface area contributed by atoms with Gasteiger partial charge in [-0.2, -0.15) is 16.8 Å². The van der Waals surface area contributed by atoms with Gasteiger partial charge in [-0.05, 0) is 35.1 Å². The van der Waals surface area contributed by atoms with Crippen molar-refractivity contribution in [3.05, 3.63) is 76.9 Å². The predicted molar refractivity (Wildman–Crippen MR) is 140 cm³/mol. The average molecular weight is 661 g/mol. The molecule has 40 heavy (non-hydrogen) atoms. The molecule has 0 amide bonds. The second kappa shape index (κ2) is 13.3. The van der Waals surface area contributed by atoms with Crippen LogP contribution in [0.3, 0.4) is 0 Å². The smallest absolute Gasteiger partial charge is 0.397 e. The zero-order valence-electron chi connectivity index (χ0n) is 21.0. The summed E-state index contributed by atoms with van der Waals surface area (Å²) in [6.45, 7) is 0. The van der Waals surface area contributed by atoms with E-state index in [-0.39, 0.29) is 125 Å². The molecule has 4 rings (SSSR count). The Balaban J connectivity index is 0.00000280. The minimum atomic E-state index is -4.95. The van der Waals surface area contributed by atoms with E-state index in [0.717, 1.165) is 12.1 Å². The second-order valence-corrected chi connectivity index (χ2v) is 15.0. The van der Waals surface area contributed by atoms with Gasteiger partial charge in [-0.3, -0.25) is 18.7 Å². The Labute approximate surface area is 298 Å². The molecule has 3 aromatic rings. The van der Waals surface area contributed by atoms with E-state index in [1.54, 1.807) is 0 Å². The van der Waals surface area contributed by atoms with Crippen molar-refractivity contribution in [2.45, 2.75) is 9.79 Å². The number of hydrogen-bond donors (Lipinski definition) is 4. The molecular formula is C22H18KN2NaO10S4+2. The molecule has 0 atom stereocenters. The molecule has 0 aromatic heterocycles. The summed E-state index contributed by atoms with van der Waals surface area (Å²) in [5, 5.41) is 2.74. The van der Waals surface area contributed by atoms with Crippen molar-refractivity contribution in [2.75, 3.05) is 22.6 Å². The fourth-order valence-corrected chi connectivity index (χ4v) is 7.97. The maximum Gasteiger partial charge on any atom is 1.00 e. The summed E-state index contributed by atoms with van der Waals surface area (Å²) < 4.78 is 89.7. The Kier molecular flexibility index (Phi) is 11.9. The van der Waals surface area contributed by atoms with E-state index < -0.39 is 68.3 Å². The van der Waals surface area contributed by atoms with E-state index in [1.807, 2.05) is 0 Å². The van der Waals surface area contributed by atoms with Gasteiger partial charge in [-0.15, -0.1) is 0 Å². The number of nitrogens with one attached hydrogen (secondary N) is 1. The molecular weight excluding hydrogens is 643 g/mol. The Morgan fingerprint density at radius 3 is 1.95 bits per heavy atom. The van der Waals surface area contributed by atoms with Gasteiger partial charge < -0.3 is 11.1 Å². The summed E-state index contributed by atoms with van der Waals surface area (Å²) in [5.41, 5.74) is 4.48. The summed E-state index contributed by atoms with van der Waals surface area (Å²) in [5.74, 6) is -2.47. The summed E-state index contributed by atoms with van der Waals surface area (Å²) in [6.07, 6.45) is 0. The maximum atomic E-state index is 13.4. The summed E-state index contributed by atoms with van der Waals surface area (Å²) >= 11 is 0. The van der Waals surface area contributed by atoms with E-state index in [1.165, 1.54) is 42.5 Å². The van der Waals surface area contributed by atoms with E-state index in [4.69, 9.17) is 10.3 Å². The number of rotatable bonds is 8. The normalized spacial score (nSPS) is 12.9. The van der Waals surface area contributed by atoms with Crippen molar-refractivity contribution in [3.63, 3.8) is 0 Å². The van der Waals surface area contributed by atoms with Crippen molar-refractivity contribution in [1.29, 1.82) is 0 Å². The Bertz CT molecular complexity index is 1850. The summed E-state index contributed by atoms with van der Waals surface area (Å²) in [4.78, 5) is 25.5. The maximum absolute atomic E-state index is 13.4. The SMILES string of the molecule is Nc1c(S(=O)(=O)O)cc(Nc2cccc(S(=O)(=O)CCSS(=O)(=O)O)c2)c2c1C(=O)c1ccccc1C2=O.[K+].[Na+]. The first-order valence-electron chi connectivity index (χ1n) is 10.4. The van der Waals surface area contributed by atoms with Gasteiger partial charge in [0.25, 0.3) is 10.1 Å². The molecule has 0 fully saturated rings. The van der Waals surface area contributed by atoms with Crippen LogP contribution >= 0.6 is 10.8 Å². The number of ketones is 2. The van der Waals surface area contributed by atoms with E-state index in [2.05, 4.69) is 5.32 Å². The van der Waals surface area contributed by atoms with Crippen molar-refractivity contribution >= 4 is 68.5 Å². The molecule has 0 saturated heterocycles. The monoisotopic (exact) mass is 660 g/mol. The number of hydrogen-bond acceptors (Lipinski definition) is 11. The molecule has 3 aromatic carbocycles. The van der Waals surface area contributed by atoms with Gasteiger partial charge in [0, 0.05) is 22.6 Å². The van der Waals surface area contributed by atoms with Gasteiger partial charge in [0.2, 0.25) is 0 Å². The number of carbonyl (C=O) groups excluding carboxylic acids is 2. The van der Waals surface area contributed by atoms with E-state index in [0.29, 0.717) is 0 Å². The van der Waals surface area contributed by atoms with Crippen LogP contribution in [0.2, 0.25) is 0 Å². The molecule has 0 heterocycles. The molecule has 0 aliphatic heterocycles. The van der Waals surface area contributed by atoms with E-state index >= 15 is 0 Å². The molecule has 18 heteroatoms. The largest absolute Gasteiger partial charge is 1.00 e. The second-order valence-electron chi connectivity index (χ2n) is 7.99. The van der Waals surface area contributed by atoms with Gasteiger partial charge in [0.05, 0.1) is 33.2 Å². The number of anilines is 3. The van der Waals surface area contributed by atoms with Crippen LogP contribution in [0.4, 0.5) is 17.1 Å². The fourth-order valence-electron chi connectivity index (χ4n) is 3.90. The van der Waals surface area contributed by atoms with Crippen LogP contribution in [0, 0.1) is 0 Å². The van der Waals surface area contributed by atoms with Crippen LogP contribution in [-0.2, 0) is 29.1 Å². The number of fused-ring (bicyclic) bond motifs is 2. The van der Waals surface area contributed by atoms with Crippen LogP contribution in [0.15, 0.2) is 64.4 Å². The van der Waals surface area contributed by atoms with Crippen molar-refractivity contribution < 1.29 is 125 Å². The zero-order valence-corrected chi connectivity index (χ0v) is 29.4. The standard InChI is InChI=1S/C22H18N2O10S4.K.Na/c23-20-17(37(29,30)31)11-16(18-19(20)22(26)15-7-2-1-6-14(15)21(18)25)24-12-4-3-5-13(10-12)36(27,28)9-8-35-38(32,33)34;;/h1-7,10-11,24H,8-9,23H2,(H,29,30,31)(H,32,33,34);;/q;2*+1. The first-order valence-corrected chi connectivity index (χ1v) is 16.5. The minimum Gasteiger partial charge on any atom is -0.397 e. The van der Waals surface area contributed by atoms with Gasteiger partial charge in [-0.1, -0.05) is 30.3 Å². The van der Waals surface area contributed by atoms with Crippen molar-refractivity contribution in [1.82, 2.24) is 0 Å². The predicted octanol–water partition coefficient (Wildman–Crippen LogP) is -3.65. The van der Waals surface area contributed by atoms with Crippen LogP contribution < -0.4 is 92.0 Å². The molecule has 0 spiro atoms. The van der Waals surface area contributed by atoms with Crippen molar-refractivity contribution in [2.24, 2.45) is 0 Å². The zero-order chi connectivity index (χ0) is 28.0. The van der Waals surface area contributed by atoms with Gasteiger partial charge in [0.15, 0.2) is 21.4 Å². The molecule has 1 aliphatic rings. The van der Waals surface area contributed by atoms with Crippen LogP contribution in [-0.4, -0.2) is 57.4 Å². The number of benzene rings is 3. The Morgan fingerprint density at radius 2 is 1.40 bits per heavy atom. The third kappa shape index (κ3) is 7.65. The molecule has 0 saturated carbocycles. The fraction of sp³-hybridized carbons (Fsp3) is 0.0909. The average Bonchev–Trinajstić information content (AvgIpc) is 2.82. The molecule has 0 bridgehead atoms. The van der Waals surface area contributed by atoms with Gasteiger partial charge >= 0.3 is 90.1 Å². The van der Waals surface area contributed by atoms with E-state index in [9.17, 15) is 39.4 Å². The number of carbonyl (C=O) groups is 2. The third-order valence-corrected chi connectivity index (χ3v) is 10.5. The summed E-state index contributed by atoms with van der Waals surface area (Å²) in [7, 11) is -13.4. The Hall–Kier alpha value is -0.644. The number of nitrogen functional groups attached to an aromatic ring is 1. The molecule has 0 radical (unpaired) electrons. The third-order valence-electron chi connectivity index (χ3n) is 5.53. The minimum absolute atomic E-state index is 0. The molecule has 0 unspecified atom stereocenters. The van der Waals surface area contributed by atoms with Crippen LogP contribution in [0.1, 0.15) is 31.8 Å². The number of nitrogens with two attached hydrogens (primary N) is 1. The van der Waals surface area contributed by atoms with Gasteiger partial charge in [0.1, 0.15) is 4.90 Å². The molecule has 1 aliphatic carbocycles. The first-order chi connectivity index (χ1) is 17.6. The Morgan fingerprint density at radius 1 is 0.825 bits per heavy atom.